The number of nitrogens with zero attached hydrogens (tertiary/aromatic N) is 2. The van der Waals surface area contributed by atoms with Crippen LogP contribution in [0, 0.1) is 0 Å². The summed E-state index contributed by atoms with van der Waals surface area (Å²) in [6.45, 7) is 3.46. The van der Waals surface area contributed by atoms with E-state index in [2.05, 4.69) is 39.5 Å². The average molecular weight is 359 g/mol. The fourth-order valence-corrected chi connectivity index (χ4v) is 3.99. The second-order valence-corrected chi connectivity index (χ2v) is 7.30. The molecule has 3 aromatic rings. The van der Waals surface area contributed by atoms with E-state index in [4.69, 9.17) is 4.74 Å². The van der Waals surface area contributed by atoms with Gasteiger partial charge in [-0.15, -0.1) is 0 Å². The molecule has 5 heteroatoms. The highest BCUT2D eigenvalue weighted by Crippen LogP contribution is 2.25. The quantitative estimate of drug-likeness (QED) is 0.778. The number of likely N-dealkylation sites (tertiary alicyclic amines) is 1. The maximum Gasteiger partial charge on any atom is 0.251 e. The van der Waals surface area contributed by atoms with Crippen molar-refractivity contribution < 1.29 is 9.53 Å². The summed E-state index contributed by atoms with van der Waals surface area (Å²) < 4.78 is 6.18. The molecule has 1 saturated heterocycles. The van der Waals surface area contributed by atoms with E-state index in [-0.39, 0.29) is 12.0 Å². The number of aromatic nitrogens is 1. The number of carbonyl (C=O) groups is 1. The zero-order valence-corrected chi connectivity index (χ0v) is 15.0. The maximum absolute atomic E-state index is 11.7. The lowest BCUT2D eigenvalue weighted by atomic mass is 10.1. The minimum atomic E-state index is 0.00850. The Hall–Kier alpha value is -2.92. The molecule has 2 aliphatic rings. The minimum absolute atomic E-state index is 0.00850. The molecule has 0 bridgehead atoms. The van der Waals surface area contributed by atoms with Crippen LogP contribution in [0.5, 0.6) is 5.75 Å². The van der Waals surface area contributed by atoms with E-state index in [1.807, 2.05) is 30.5 Å². The summed E-state index contributed by atoms with van der Waals surface area (Å²) in [5, 5.41) is 4.03. The second-order valence-electron chi connectivity index (χ2n) is 7.30. The molecule has 5 rings (SSSR count). The van der Waals surface area contributed by atoms with Crippen molar-refractivity contribution in [1.29, 1.82) is 0 Å². The van der Waals surface area contributed by atoms with Crippen LogP contribution in [0.4, 0.5) is 0 Å². The number of nitrogens with one attached hydrogen (secondary N) is 1. The predicted molar refractivity (Wildman–Crippen MR) is 104 cm³/mol. The number of benzene rings is 2. The number of hydrogen-bond acceptors (Lipinski definition) is 4. The molecule has 2 aromatic carbocycles. The van der Waals surface area contributed by atoms with Gasteiger partial charge in [-0.05, 0) is 53.9 Å². The first-order valence-corrected chi connectivity index (χ1v) is 9.38. The molecule has 1 fully saturated rings. The van der Waals surface area contributed by atoms with Crippen LogP contribution >= 0.6 is 0 Å². The molecule has 2 aliphatic heterocycles. The van der Waals surface area contributed by atoms with Gasteiger partial charge in [-0.3, -0.25) is 14.7 Å². The molecular formula is C22H21N3O2. The Labute approximate surface area is 158 Å². The molecule has 1 aromatic heterocycles. The molecule has 0 saturated carbocycles. The Morgan fingerprint density at radius 2 is 2.15 bits per heavy atom. The first-order chi connectivity index (χ1) is 13.2. The molecule has 1 atom stereocenters. The minimum Gasteiger partial charge on any atom is -0.489 e. The standard InChI is InChI=1S/C22H21N3O2/c26-22-20-5-4-18(11-17(20)12-24-22)27-19-7-9-25(14-19)13-15-3-6-21-16(10-15)2-1-8-23-21/h1-6,8,10-11,19H,7,9,12-14H2,(H,24,26)/t19-/m0/s1. The van der Waals surface area contributed by atoms with Crippen LogP contribution in [0.25, 0.3) is 10.9 Å². The zero-order chi connectivity index (χ0) is 18.2. The maximum atomic E-state index is 11.7. The molecular weight excluding hydrogens is 338 g/mol. The summed E-state index contributed by atoms with van der Waals surface area (Å²) in [5.41, 5.74) is 4.13. The van der Waals surface area contributed by atoms with Gasteiger partial charge in [0, 0.05) is 43.3 Å². The molecule has 0 spiro atoms. The lowest BCUT2D eigenvalue weighted by molar-refractivity contribution is 0.0966. The number of hydrogen-bond donors (Lipinski definition) is 1. The second kappa shape index (κ2) is 6.67. The number of fused-ring (bicyclic) bond motifs is 2. The van der Waals surface area contributed by atoms with Crippen LogP contribution < -0.4 is 10.1 Å². The van der Waals surface area contributed by atoms with Crippen LogP contribution in [0.2, 0.25) is 0 Å². The summed E-state index contributed by atoms with van der Waals surface area (Å²) in [4.78, 5) is 18.5. The fraction of sp³-hybridized carbons (Fsp3) is 0.273. The van der Waals surface area contributed by atoms with Gasteiger partial charge in [-0.1, -0.05) is 12.1 Å². The van der Waals surface area contributed by atoms with Crippen molar-refractivity contribution in [3.63, 3.8) is 0 Å². The number of amides is 1. The van der Waals surface area contributed by atoms with Crippen molar-refractivity contribution in [2.24, 2.45) is 0 Å². The number of carbonyl (C=O) groups excluding carboxylic acids is 1. The van der Waals surface area contributed by atoms with Crippen LogP contribution in [-0.2, 0) is 13.1 Å². The van der Waals surface area contributed by atoms with Crippen LogP contribution in [0.1, 0.15) is 27.9 Å². The van der Waals surface area contributed by atoms with E-state index in [9.17, 15) is 4.79 Å². The summed E-state index contributed by atoms with van der Waals surface area (Å²) >= 11 is 0. The van der Waals surface area contributed by atoms with Crippen LogP contribution in [0.3, 0.4) is 0 Å². The summed E-state index contributed by atoms with van der Waals surface area (Å²) in [6.07, 6.45) is 3.04. The number of ether oxygens (including phenoxy) is 1. The summed E-state index contributed by atoms with van der Waals surface area (Å²) in [6, 6.07) is 16.3. The fourth-order valence-electron chi connectivity index (χ4n) is 3.99. The highest BCUT2D eigenvalue weighted by molar-refractivity contribution is 5.98. The van der Waals surface area contributed by atoms with Crippen molar-refractivity contribution >= 4 is 16.8 Å². The lowest BCUT2D eigenvalue weighted by Gasteiger charge is -2.17. The number of rotatable bonds is 4. The molecule has 0 radical (unpaired) electrons. The van der Waals surface area contributed by atoms with Crippen molar-refractivity contribution in [3.05, 3.63) is 71.4 Å². The van der Waals surface area contributed by atoms with E-state index < -0.39 is 0 Å². The zero-order valence-electron chi connectivity index (χ0n) is 15.0. The highest BCUT2D eigenvalue weighted by atomic mass is 16.5. The highest BCUT2D eigenvalue weighted by Gasteiger charge is 2.25. The largest absolute Gasteiger partial charge is 0.489 e. The predicted octanol–water partition coefficient (Wildman–Crippen LogP) is 3.13. The first-order valence-electron chi connectivity index (χ1n) is 9.38. The van der Waals surface area contributed by atoms with Crippen LogP contribution in [0.15, 0.2) is 54.7 Å². The van der Waals surface area contributed by atoms with Gasteiger partial charge in [-0.25, -0.2) is 0 Å². The van der Waals surface area contributed by atoms with Gasteiger partial charge in [0.25, 0.3) is 5.91 Å². The third-order valence-electron chi connectivity index (χ3n) is 5.37. The van der Waals surface area contributed by atoms with Gasteiger partial charge in [0.15, 0.2) is 0 Å². The first kappa shape index (κ1) is 16.3. The summed E-state index contributed by atoms with van der Waals surface area (Å²) in [7, 11) is 0. The normalized spacial score (nSPS) is 19.3. The van der Waals surface area contributed by atoms with Gasteiger partial charge in [0.1, 0.15) is 11.9 Å². The number of pyridine rings is 1. The Kier molecular flexibility index (Phi) is 4.02. The van der Waals surface area contributed by atoms with E-state index in [0.29, 0.717) is 6.54 Å². The SMILES string of the molecule is O=C1NCc2cc(O[C@H]3CCN(Cc4ccc5ncccc5c4)C3)ccc21. The average Bonchev–Trinajstić information content (AvgIpc) is 3.28. The van der Waals surface area contributed by atoms with Gasteiger partial charge in [0.05, 0.1) is 5.52 Å². The Morgan fingerprint density at radius 3 is 3.11 bits per heavy atom. The third-order valence-corrected chi connectivity index (χ3v) is 5.37. The Balaban J connectivity index is 1.23. The van der Waals surface area contributed by atoms with Gasteiger partial charge < -0.3 is 10.1 Å². The molecule has 1 N–H and O–H groups in total. The lowest BCUT2D eigenvalue weighted by Crippen LogP contribution is -2.24. The smallest absolute Gasteiger partial charge is 0.251 e. The molecule has 136 valence electrons. The van der Waals surface area contributed by atoms with Gasteiger partial charge in [0.2, 0.25) is 0 Å². The summed E-state index contributed by atoms with van der Waals surface area (Å²) in [5.74, 6) is 0.864. The van der Waals surface area contributed by atoms with Crippen molar-refractivity contribution in [1.82, 2.24) is 15.2 Å². The Bertz CT molecular complexity index is 1020. The topological polar surface area (TPSA) is 54.5 Å². The molecule has 0 unspecified atom stereocenters. The van der Waals surface area contributed by atoms with Crippen molar-refractivity contribution in [3.8, 4) is 5.75 Å². The molecule has 5 nitrogen and oxygen atoms in total. The molecule has 0 aliphatic carbocycles. The van der Waals surface area contributed by atoms with E-state index in [1.165, 1.54) is 10.9 Å². The molecule has 1 amide bonds. The van der Waals surface area contributed by atoms with Gasteiger partial charge in [-0.2, -0.15) is 0 Å². The van der Waals surface area contributed by atoms with E-state index >= 15 is 0 Å². The molecule has 3 heterocycles. The van der Waals surface area contributed by atoms with E-state index in [1.54, 1.807) is 0 Å². The monoisotopic (exact) mass is 359 g/mol. The molecule has 27 heavy (non-hydrogen) atoms. The third kappa shape index (κ3) is 3.26. The van der Waals surface area contributed by atoms with Crippen molar-refractivity contribution in [2.45, 2.75) is 25.6 Å². The van der Waals surface area contributed by atoms with E-state index in [0.717, 1.165) is 48.4 Å². The van der Waals surface area contributed by atoms with Gasteiger partial charge >= 0.3 is 0 Å². The van der Waals surface area contributed by atoms with Crippen LogP contribution in [-0.4, -0.2) is 35.0 Å². The Morgan fingerprint density at radius 1 is 1.19 bits per heavy atom. The van der Waals surface area contributed by atoms with Crippen molar-refractivity contribution in [2.75, 3.05) is 13.1 Å².